The molecule has 0 aliphatic carbocycles. The molecule has 8 nitrogen and oxygen atoms in total. The summed E-state index contributed by atoms with van der Waals surface area (Å²) in [4.78, 5) is 22.4. The van der Waals surface area contributed by atoms with E-state index in [1.54, 1.807) is 0 Å². The van der Waals surface area contributed by atoms with Crippen LogP contribution in [0.2, 0.25) is 0 Å². The van der Waals surface area contributed by atoms with Gasteiger partial charge in [0, 0.05) is 35.4 Å². The van der Waals surface area contributed by atoms with E-state index in [4.69, 9.17) is 19.4 Å². The van der Waals surface area contributed by atoms with Crippen LogP contribution in [0.15, 0.2) is 171 Å². The van der Waals surface area contributed by atoms with Crippen molar-refractivity contribution in [3.8, 4) is 73.7 Å². The van der Waals surface area contributed by atoms with Gasteiger partial charge in [-0.2, -0.15) is 22.9 Å². The fourth-order valence-corrected chi connectivity index (χ4v) is 6.75. The monoisotopic (exact) mass is 944 g/mol. The van der Waals surface area contributed by atoms with E-state index in [0.717, 1.165) is 55.5 Å². The number of benzene rings is 6. The molecule has 0 aliphatic heterocycles. The van der Waals surface area contributed by atoms with Crippen LogP contribution < -0.4 is 9.47 Å². The molecule has 10 aromatic rings. The molecule has 6 aromatic carbocycles. The predicted molar refractivity (Wildman–Crippen MR) is 220 cm³/mol. The normalized spacial score (nSPS) is 10.8. The second kappa shape index (κ2) is 17.5. The number of pyridine rings is 2. The zero-order chi connectivity index (χ0) is 38.0. The molecular formula is C49H28N6O2Pd2. The number of aromatic nitrogens is 6. The molecule has 0 unspecified atom stereocenters. The third-order valence-electron chi connectivity index (χ3n) is 9.48. The molecular weight excluding hydrogens is 917 g/mol. The van der Waals surface area contributed by atoms with E-state index in [1.807, 2.05) is 126 Å². The van der Waals surface area contributed by atoms with Gasteiger partial charge in [0.05, 0.1) is 0 Å². The standard InChI is InChI=1S/C49H28N6O2.2Pd/c1-3-9-33(10-4-1)37-17-23-45(51-29-37)35-13-7-15-39(25-35)56-41-19-21-43-44-22-20-42(28-48(44)55(47(43)27-41)49-53-31-50-32-54-49)57-40-16-8-14-36(26-40)46-24-18-38(30-52-46)34-11-5-2-6-12-34;;/h1-24,29-32H;;/q-4;2*+2. The van der Waals surface area contributed by atoms with Crippen LogP contribution in [0.5, 0.6) is 23.0 Å². The molecule has 0 aliphatic rings. The molecule has 4 aromatic heterocycles. The van der Waals surface area contributed by atoms with E-state index in [9.17, 15) is 0 Å². The van der Waals surface area contributed by atoms with Crippen LogP contribution in [-0.2, 0) is 40.8 Å². The average molecular weight is 946 g/mol. The number of rotatable bonds is 9. The van der Waals surface area contributed by atoms with Crippen LogP contribution in [0.25, 0.3) is 72.5 Å². The van der Waals surface area contributed by atoms with Crippen molar-refractivity contribution in [1.29, 1.82) is 0 Å². The number of hydrogen-bond donors (Lipinski definition) is 0. The third kappa shape index (κ3) is 8.22. The molecule has 59 heavy (non-hydrogen) atoms. The van der Waals surface area contributed by atoms with Gasteiger partial charge >= 0.3 is 40.8 Å². The maximum Gasteiger partial charge on any atom is 2.00 e. The van der Waals surface area contributed by atoms with Crippen molar-refractivity contribution in [3.63, 3.8) is 0 Å². The zero-order valence-corrected chi connectivity index (χ0v) is 33.9. The first-order valence-electron chi connectivity index (χ1n) is 18.2. The van der Waals surface area contributed by atoms with E-state index < -0.39 is 0 Å². The van der Waals surface area contributed by atoms with Crippen molar-refractivity contribution in [3.05, 3.63) is 195 Å². The van der Waals surface area contributed by atoms with Gasteiger partial charge in [-0.25, -0.2) is 15.0 Å². The molecule has 0 radical (unpaired) electrons. The molecule has 4 heterocycles. The van der Waals surface area contributed by atoms with Gasteiger partial charge in [-0.15, -0.1) is 71.8 Å². The maximum absolute atomic E-state index is 6.36. The van der Waals surface area contributed by atoms with Gasteiger partial charge in [-0.1, -0.05) is 108 Å². The molecule has 0 atom stereocenters. The Morgan fingerprint density at radius 3 is 1.29 bits per heavy atom. The van der Waals surface area contributed by atoms with Crippen LogP contribution in [0.3, 0.4) is 0 Å². The fourth-order valence-electron chi connectivity index (χ4n) is 6.75. The Morgan fingerprint density at radius 1 is 0.390 bits per heavy atom. The van der Waals surface area contributed by atoms with Crippen LogP contribution in [-0.4, -0.2) is 29.5 Å². The maximum atomic E-state index is 6.36. The van der Waals surface area contributed by atoms with Gasteiger partial charge in [0.2, 0.25) is 5.95 Å². The Hall–Kier alpha value is -6.65. The predicted octanol–water partition coefficient (Wildman–Crippen LogP) is 11.2. The molecule has 10 rings (SSSR count). The van der Waals surface area contributed by atoms with E-state index in [0.29, 0.717) is 40.0 Å². The Morgan fingerprint density at radius 2 is 0.847 bits per heavy atom. The van der Waals surface area contributed by atoms with Gasteiger partial charge in [0.25, 0.3) is 0 Å². The van der Waals surface area contributed by atoms with Crippen LogP contribution in [0.4, 0.5) is 0 Å². The summed E-state index contributed by atoms with van der Waals surface area (Å²) < 4.78 is 14.6. The third-order valence-corrected chi connectivity index (χ3v) is 9.48. The van der Waals surface area contributed by atoms with E-state index in [1.165, 1.54) is 12.7 Å². The summed E-state index contributed by atoms with van der Waals surface area (Å²) in [6.45, 7) is 0. The van der Waals surface area contributed by atoms with Crippen LogP contribution in [0.1, 0.15) is 0 Å². The van der Waals surface area contributed by atoms with Crippen molar-refractivity contribution in [2.45, 2.75) is 0 Å². The van der Waals surface area contributed by atoms with Crippen molar-refractivity contribution in [1.82, 2.24) is 29.5 Å². The number of hydrogen-bond acceptors (Lipinski definition) is 7. The SMILES string of the molecule is [Pd+2].[Pd+2].[c-]1c(Oc2[c-]c3c(cc2)c2ccc(Oc4[c-]c(-c5ccc(-c6ccccc6)cn5)ccc4)[c-]c2n3-c2ncncn2)cccc1-c1ccc(-c2ccccc2)cn1. The first kappa shape index (κ1) is 39.2. The molecule has 0 N–H and O–H groups in total. The summed E-state index contributed by atoms with van der Waals surface area (Å²) in [5, 5.41) is 1.83. The summed E-state index contributed by atoms with van der Waals surface area (Å²) in [7, 11) is 0. The van der Waals surface area contributed by atoms with Gasteiger partial charge in [-0.3, -0.25) is 0 Å². The van der Waals surface area contributed by atoms with Crippen molar-refractivity contribution in [2.24, 2.45) is 0 Å². The van der Waals surface area contributed by atoms with E-state index >= 15 is 0 Å². The number of fused-ring (bicyclic) bond motifs is 3. The number of ether oxygens (including phenoxy) is 2. The van der Waals surface area contributed by atoms with Crippen molar-refractivity contribution >= 4 is 21.8 Å². The molecule has 0 amide bonds. The number of nitrogens with zero attached hydrogens (tertiary/aromatic N) is 6. The molecule has 0 saturated heterocycles. The Kier molecular flexibility index (Phi) is 11.6. The first-order valence-corrected chi connectivity index (χ1v) is 18.2. The second-order valence-electron chi connectivity index (χ2n) is 13.1. The van der Waals surface area contributed by atoms with Crippen molar-refractivity contribution in [2.75, 3.05) is 0 Å². The molecule has 0 spiro atoms. The smallest absolute Gasteiger partial charge is 0.503 e. The quantitative estimate of drug-likeness (QED) is 0.105. The summed E-state index contributed by atoms with van der Waals surface area (Å²) in [6, 6.07) is 61.4. The molecule has 0 fully saturated rings. The molecule has 0 saturated carbocycles. The minimum Gasteiger partial charge on any atom is -0.503 e. The Bertz CT molecular complexity index is 2820. The molecule has 0 bridgehead atoms. The van der Waals surface area contributed by atoms with Gasteiger partial charge < -0.3 is 24.0 Å². The van der Waals surface area contributed by atoms with E-state index in [2.05, 4.69) is 75.6 Å². The van der Waals surface area contributed by atoms with Crippen LogP contribution >= 0.6 is 0 Å². The largest absolute Gasteiger partial charge is 2.00 e. The van der Waals surface area contributed by atoms with E-state index in [-0.39, 0.29) is 40.8 Å². The summed E-state index contributed by atoms with van der Waals surface area (Å²) in [6.07, 6.45) is 6.67. The zero-order valence-electron chi connectivity index (χ0n) is 30.8. The van der Waals surface area contributed by atoms with Gasteiger partial charge in [0.1, 0.15) is 12.7 Å². The topological polar surface area (TPSA) is 87.8 Å². The Balaban J connectivity index is 0.00000242. The summed E-state index contributed by atoms with van der Waals surface area (Å²) >= 11 is 0. The summed E-state index contributed by atoms with van der Waals surface area (Å²) in [5.74, 6) is 2.46. The average Bonchev–Trinajstić information content (AvgIpc) is 3.60. The van der Waals surface area contributed by atoms with Gasteiger partial charge in [0.15, 0.2) is 0 Å². The fraction of sp³-hybridized carbons (Fsp3) is 0. The Labute approximate surface area is 367 Å². The molecule has 286 valence electrons. The van der Waals surface area contributed by atoms with Crippen molar-refractivity contribution < 1.29 is 50.3 Å². The first-order chi connectivity index (χ1) is 28.2. The molecule has 10 heteroatoms. The second-order valence-corrected chi connectivity index (χ2v) is 13.1. The van der Waals surface area contributed by atoms with Crippen LogP contribution in [0, 0.1) is 24.3 Å². The minimum absolute atomic E-state index is 0. The minimum atomic E-state index is 0. The van der Waals surface area contributed by atoms with Gasteiger partial charge in [-0.05, 0) is 33.6 Å². The summed E-state index contributed by atoms with van der Waals surface area (Å²) in [5.41, 5.74) is 8.94.